The van der Waals surface area contributed by atoms with E-state index in [9.17, 15) is 9.59 Å². The first-order valence-electron chi connectivity index (χ1n) is 12.1. The Kier molecular flexibility index (Phi) is 6.21. The first-order valence-corrected chi connectivity index (χ1v) is 12.1. The van der Waals surface area contributed by atoms with E-state index in [1.165, 1.54) is 5.56 Å². The van der Waals surface area contributed by atoms with Crippen LogP contribution in [0.5, 0.6) is 0 Å². The van der Waals surface area contributed by atoms with Gasteiger partial charge in [0.05, 0.1) is 12.7 Å². The second-order valence-corrected chi connectivity index (χ2v) is 9.40. The van der Waals surface area contributed by atoms with Crippen LogP contribution in [0.1, 0.15) is 37.7 Å². The molecule has 1 atom stereocenters. The van der Waals surface area contributed by atoms with E-state index in [-0.39, 0.29) is 11.9 Å². The molecule has 6 nitrogen and oxygen atoms in total. The number of nitrogens with zero attached hydrogens (tertiary/aromatic N) is 3. The molecule has 1 unspecified atom stereocenters. The van der Waals surface area contributed by atoms with Gasteiger partial charge in [-0.15, -0.1) is 0 Å². The van der Waals surface area contributed by atoms with Gasteiger partial charge in [-0.05, 0) is 49.9 Å². The molecule has 3 aliphatic heterocycles. The van der Waals surface area contributed by atoms with Crippen molar-refractivity contribution in [2.24, 2.45) is 0 Å². The Hall–Kier alpha value is -3.08. The molecule has 0 radical (unpaired) electrons. The number of carbonyl (C=O) groups is 1. The van der Waals surface area contributed by atoms with Crippen molar-refractivity contribution in [3.05, 3.63) is 71.9 Å². The summed E-state index contributed by atoms with van der Waals surface area (Å²) in [5, 5.41) is 3.06. The fourth-order valence-corrected chi connectivity index (χ4v) is 5.80. The number of piperidine rings is 2. The number of nitrogens with one attached hydrogen (secondary N) is 1. The van der Waals surface area contributed by atoms with Crippen LogP contribution in [-0.4, -0.2) is 59.5 Å². The molecule has 6 heteroatoms. The summed E-state index contributed by atoms with van der Waals surface area (Å²) in [5.41, 5.74) is 2.57. The molecule has 3 aliphatic rings. The second-order valence-electron chi connectivity index (χ2n) is 9.40. The molecule has 1 N–H and O–H groups in total. The van der Waals surface area contributed by atoms with Crippen LogP contribution in [0, 0.1) is 0 Å². The first kappa shape index (κ1) is 21.7. The molecule has 3 saturated heterocycles. The predicted octanol–water partition coefficient (Wildman–Crippen LogP) is 3.19. The van der Waals surface area contributed by atoms with Crippen LogP contribution in [0.2, 0.25) is 0 Å². The number of carbonyl (C=O) groups excluding carboxylic acids is 2. The first-order chi connectivity index (χ1) is 16.2. The van der Waals surface area contributed by atoms with Crippen LogP contribution in [0.3, 0.4) is 0 Å². The third-order valence-electron chi connectivity index (χ3n) is 7.60. The molecule has 172 valence electrons. The highest BCUT2D eigenvalue weighted by Crippen LogP contribution is 2.38. The van der Waals surface area contributed by atoms with Gasteiger partial charge in [-0.3, -0.25) is 9.69 Å². The number of hydrogen-bond acceptors (Lipinski definition) is 5. The lowest BCUT2D eigenvalue weighted by Crippen LogP contribution is -2.57. The van der Waals surface area contributed by atoms with Crippen LogP contribution >= 0.6 is 0 Å². The minimum Gasteiger partial charge on any atom is -0.364 e. The quantitative estimate of drug-likeness (QED) is 0.718. The van der Waals surface area contributed by atoms with Gasteiger partial charge in [-0.2, -0.15) is 0 Å². The molecular weight excluding hydrogens is 412 g/mol. The molecule has 0 aliphatic carbocycles. The Bertz CT molecular complexity index is 1010. The average molecular weight is 445 g/mol. The van der Waals surface area contributed by atoms with Crippen LogP contribution in [-0.2, 0) is 16.1 Å². The van der Waals surface area contributed by atoms with Gasteiger partial charge in [0.25, 0.3) is 0 Å². The molecule has 0 bridgehead atoms. The molecule has 2 aromatic carbocycles. The van der Waals surface area contributed by atoms with Crippen molar-refractivity contribution < 1.29 is 9.59 Å². The second kappa shape index (κ2) is 9.42. The standard InChI is InChI=1S/C27H32N4O2/c32-20-25(24-13-7-8-16-30(24)19-22-9-3-1-4-10-22)29-17-14-27(15-18-29)26(33)28-21-31(27)23-11-5-2-6-12-23/h1-6,9-12,24H,7-8,13-19,21H2,(H,28,33). The summed E-state index contributed by atoms with van der Waals surface area (Å²) in [4.78, 5) is 32.1. The van der Waals surface area contributed by atoms with E-state index in [2.05, 4.69) is 62.4 Å². The number of amides is 1. The molecule has 3 heterocycles. The van der Waals surface area contributed by atoms with Crippen molar-refractivity contribution >= 4 is 17.5 Å². The van der Waals surface area contributed by atoms with Crippen LogP contribution < -0.4 is 10.2 Å². The van der Waals surface area contributed by atoms with E-state index >= 15 is 0 Å². The van der Waals surface area contributed by atoms with Crippen LogP contribution in [0.25, 0.3) is 0 Å². The largest absolute Gasteiger partial charge is 0.364 e. The smallest absolute Gasteiger partial charge is 0.247 e. The topological polar surface area (TPSA) is 55.9 Å². The molecule has 5 rings (SSSR count). The van der Waals surface area contributed by atoms with Crippen molar-refractivity contribution in [2.75, 3.05) is 31.2 Å². The number of likely N-dealkylation sites (tertiary alicyclic amines) is 2. The molecule has 0 saturated carbocycles. The van der Waals surface area contributed by atoms with Gasteiger partial charge in [0.15, 0.2) is 0 Å². The van der Waals surface area contributed by atoms with Gasteiger partial charge >= 0.3 is 0 Å². The van der Waals surface area contributed by atoms with Crippen molar-refractivity contribution in [2.45, 2.75) is 50.2 Å². The molecule has 0 aromatic heterocycles. The Morgan fingerprint density at radius 1 is 0.970 bits per heavy atom. The van der Waals surface area contributed by atoms with Gasteiger partial charge in [0.1, 0.15) is 17.2 Å². The number of benzene rings is 2. The van der Waals surface area contributed by atoms with Crippen molar-refractivity contribution in [1.82, 2.24) is 15.1 Å². The summed E-state index contributed by atoms with van der Waals surface area (Å²) in [7, 11) is 0. The van der Waals surface area contributed by atoms with Crippen molar-refractivity contribution in [1.29, 1.82) is 0 Å². The fourth-order valence-electron chi connectivity index (χ4n) is 5.80. The molecule has 33 heavy (non-hydrogen) atoms. The van der Waals surface area contributed by atoms with Crippen molar-refractivity contribution in [3.63, 3.8) is 0 Å². The maximum Gasteiger partial charge on any atom is 0.247 e. The zero-order valence-electron chi connectivity index (χ0n) is 19.1. The van der Waals surface area contributed by atoms with E-state index in [0.29, 0.717) is 32.6 Å². The Labute approximate surface area is 195 Å². The maximum absolute atomic E-state index is 13.0. The normalized spacial score (nSPS) is 22.8. The lowest BCUT2D eigenvalue weighted by Gasteiger charge is -2.46. The molecule has 1 amide bonds. The number of hydrogen-bond donors (Lipinski definition) is 1. The Balaban J connectivity index is 1.32. The SMILES string of the molecule is O=C=C(C1CCCCN1Cc1ccccc1)N1CCC2(CC1)C(=O)NCN2c1ccccc1. The van der Waals surface area contributed by atoms with Gasteiger partial charge < -0.3 is 15.1 Å². The third-order valence-corrected chi connectivity index (χ3v) is 7.60. The van der Waals surface area contributed by atoms with E-state index in [4.69, 9.17) is 0 Å². The highest BCUT2D eigenvalue weighted by Gasteiger charge is 2.51. The van der Waals surface area contributed by atoms with Crippen LogP contribution in [0.15, 0.2) is 66.4 Å². The lowest BCUT2D eigenvalue weighted by atomic mass is 9.85. The van der Waals surface area contributed by atoms with Crippen LogP contribution in [0.4, 0.5) is 5.69 Å². The summed E-state index contributed by atoms with van der Waals surface area (Å²) < 4.78 is 0. The lowest BCUT2D eigenvalue weighted by molar-refractivity contribution is -0.125. The molecule has 3 fully saturated rings. The van der Waals surface area contributed by atoms with Gasteiger partial charge in [-0.25, -0.2) is 4.79 Å². The third kappa shape index (κ3) is 4.17. The predicted molar refractivity (Wildman–Crippen MR) is 129 cm³/mol. The molecule has 2 aromatic rings. The Morgan fingerprint density at radius 2 is 1.67 bits per heavy atom. The molecular formula is C27H32N4O2. The van der Waals surface area contributed by atoms with E-state index < -0.39 is 5.54 Å². The zero-order chi connectivity index (χ0) is 22.7. The van der Waals surface area contributed by atoms with E-state index in [1.54, 1.807) is 0 Å². The minimum absolute atomic E-state index is 0.0909. The maximum atomic E-state index is 13.0. The van der Waals surface area contributed by atoms with Gasteiger partial charge in [0, 0.05) is 25.3 Å². The number of anilines is 1. The fraction of sp³-hybridized carbons (Fsp3) is 0.444. The monoisotopic (exact) mass is 444 g/mol. The van der Waals surface area contributed by atoms with E-state index in [1.807, 2.05) is 24.3 Å². The highest BCUT2D eigenvalue weighted by atomic mass is 16.2. The van der Waals surface area contributed by atoms with Gasteiger partial charge in [0.2, 0.25) is 5.91 Å². The molecule has 1 spiro atoms. The average Bonchev–Trinajstić information content (AvgIpc) is 3.18. The highest BCUT2D eigenvalue weighted by molar-refractivity contribution is 5.93. The van der Waals surface area contributed by atoms with Gasteiger partial charge in [-0.1, -0.05) is 55.0 Å². The van der Waals surface area contributed by atoms with Crippen molar-refractivity contribution in [3.8, 4) is 0 Å². The summed E-state index contributed by atoms with van der Waals surface area (Å²) in [6.07, 6.45) is 4.66. The zero-order valence-corrected chi connectivity index (χ0v) is 19.1. The summed E-state index contributed by atoms with van der Waals surface area (Å²) in [6, 6.07) is 20.7. The minimum atomic E-state index is -0.540. The summed E-state index contributed by atoms with van der Waals surface area (Å²) >= 11 is 0. The number of para-hydroxylation sites is 1. The summed E-state index contributed by atoms with van der Waals surface area (Å²) in [6.45, 7) is 3.76. The van der Waals surface area contributed by atoms with E-state index in [0.717, 1.165) is 43.7 Å². The summed E-state index contributed by atoms with van der Waals surface area (Å²) in [5.74, 6) is 2.43. The Morgan fingerprint density at radius 3 is 2.36 bits per heavy atom. The number of rotatable bonds is 5.